The third-order valence-corrected chi connectivity index (χ3v) is 3.64. The van der Waals surface area contributed by atoms with Crippen molar-refractivity contribution in [1.29, 1.82) is 5.26 Å². The quantitative estimate of drug-likeness (QED) is 0.827. The summed E-state index contributed by atoms with van der Waals surface area (Å²) < 4.78 is 0. The zero-order valence-corrected chi connectivity index (χ0v) is 13.1. The number of nitrogens with zero attached hydrogens (tertiary/aromatic N) is 4. The third kappa shape index (κ3) is 3.69. The number of nitriles is 1. The Morgan fingerprint density at radius 2 is 2.00 bits per heavy atom. The fourth-order valence-corrected chi connectivity index (χ4v) is 2.29. The number of hydrogen-bond donors (Lipinski definition) is 1. The zero-order chi connectivity index (χ0) is 16.0. The molecule has 1 heterocycles. The molecule has 0 aliphatic carbocycles. The Labute approximate surface area is 125 Å². The van der Waals surface area contributed by atoms with E-state index in [1.54, 1.807) is 4.90 Å². The van der Waals surface area contributed by atoms with E-state index in [1.165, 1.54) is 0 Å². The second kappa shape index (κ2) is 7.58. The van der Waals surface area contributed by atoms with E-state index in [2.05, 4.69) is 16.3 Å². The summed E-state index contributed by atoms with van der Waals surface area (Å²) in [5.41, 5.74) is 2.12. The number of aromatic nitrogens is 2. The average Bonchev–Trinajstić information content (AvgIpc) is 2.49. The fourth-order valence-electron chi connectivity index (χ4n) is 2.29. The molecule has 0 amide bonds. The van der Waals surface area contributed by atoms with E-state index in [1.807, 2.05) is 27.7 Å². The number of rotatable bonds is 7. The lowest BCUT2D eigenvalue weighted by molar-refractivity contribution is -0.135. The van der Waals surface area contributed by atoms with Gasteiger partial charge in [0.1, 0.15) is 18.2 Å². The van der Waals surface area contributed by atoms with Gasteiger partial charge in [-0.1, -0.05) is 20.8 Å². The lowest BCUT2D eigenvalue weighted by atomic mass is 10.0. The van der Waals surface area contributed by atoms with Crippen molar-refractivity contribution in [3.05, 3.63) is 16.8 Å². The summed E-state index contributed by atoms with van der Waals surface area (Å²) in [6, 6.07) is 2.16. The molecule has 21 heavy (non-hydrogen) atoms. The third-order valence-electron chi connectivity index (χ3n) is 3.64. The number of carbonyl (C=O) groups is 1. The standard InChI is InChI=1S/C15H22N4O2/c1-5-10(4)19(9-14(20)21)15-12(8-16)11(6-2)13(7-3)17-18-15/h10H,5-7,9H2,1-4H3,(H,20,21). The SMILES string of the molecule is CCc1nnc(N(CC(=O)O)C(C)CC)c(C#N)c1CC. The highest BCUT2D eigenvalue weighted by Gasteiger charge is 2.24. The van der Waals surface area contributed by atoms with Crippen LogP contribution in [0.1, 0.15) is 50.9 Å². The summed E-state index contributed by atoms with van der Waals surface area (Å²) in [5, 5.41) is 26.9. The zero-order valence-electron chi connectivity index (χ0n) is 13.1. The lowest BCUT2D eigenvalue weighted by Crippen LogP contribution is -2.38. The first kappa shape index (κ1) is 16.9. The summed E-state index contributed by atoms with van der Waals surface area (Å²) in [4.78, 5) is 12.8. The minimum absolute atomic E-state index is 0.0281. The summed E-state index contributed by atoms with van der Waals surface area (Å²) in [6.45, 7) is 7.64. The maximum Gasteiger partial charge on any atom is 0.323 e. The van der Waals surface area contributed by atoms with Crippen LogP contribution in [0.25, 0.3) is 0 Å². The second-order valence-electron chi connectivity index (χ2n) is 4.92. The molecule has 1 aromatic heterocycles. The second-order valence-corrected chi connectivity index (χ2v) is 4.92. The molecule has 0 aromatic carbocycles. The highest BCUT2D eigenvalue weighted by molar-refractivity contribution is 5.74. The monoisotopic (exact) mass is 290 g/mol. The van der Waals surface area contributed by atoms with Gasteiger partial charge in [0.15, 0.2) is 5.82 Å². The normalized spacial score (nSPS) is 11.8. The highest BCUT2D eigenvalue weighted by atomic mass is 16.4. The van der Waals surface area contributed by atoms with E-state index in [0.717, 1.165) is 17.7 Å². The molecule has 1 N–H and O–H groups in total. The van der Waals surface area contributed by atoms with Crippen molar-refractivity contribution in [1.82, 2.24) is 10.2 Å². The summed E-state index contributed by atoms with van der Waals surface area (Å²) in [7, 11) is 0. The molecule has 0 aliphatic rings. The Morgan fingerprint density at radius 3 is 2.43 bits per heavy atom. The Balaban J connectivity index is 3.44. The van der Waals surface area contributed by atoms with E-state index in [4.69, 9.17) is 5.11 Å². The molecule has 0 fully saturated rings. The van der Waals surface area contributed by atoms with Crippen molar-refractivity contribution in [2.45, 2.75) is 53.0 Å². The van der Waals surface area contributed by atoms with Gasteiger partial charge in [0.05, 0.1) is 5.69 Å². The fraction of sp³-hybridized carbons (Fsp3) is 0.600. The van der Waals surface area contributed by atoms with E-state index in [9.17, 15) is 10.1 Å². The van der Waals surface area contributed by atoms with Crippen molar-refractivity contribution < 1.29 is 9.90 Å². The maximum atomic E-state index is 11.1. The molecule has 0 aliphatic heterocycles. The number of anilines is 1. The van der Waals surface area contributed by atoms with Crippen molar-refractivity contribution >= 4 is 11.8 Å². The minimum atomic E-state index is -0.946. The maximum absolute atomic E-state index is 11.1. The molecule has 1 aromatic rings. The lowest BCUT2D eigenvalue weighted by Gasteiger charge is -2.29. The van der Waals surface area contributed by atoms with Crippen molar-refractivity contribution in [3.63, 3.8) is 0 Å². The van der Waals surface area contributed by atoms with E-state index in [0.29, 0.717) is 24.2 Å². The van der Waals surface area contributed by atoms with Crippen LogP contribution in [-0.2, 0) is 17.6 Å². The number of aliphatic carboxylic acids is 1. The molecule has 6 heteroatoms. The van der Waals surface area contributed by atoms with Crippen LogP contribution in [-0.4, -0.2) is 33.9 Å². The molecule has 0 saturated carbocycles. The van der Waals surface area contributed by atoms with Crippen LogP contribution in [0, 0.1) is 11.3 Å². The van der Waals surface area contributed by atoms with Crippen molar-refractivity contribution in [2.24, 2.45) is 0 Å². The van der Waals surface area contributed by atoms with E-state index < -0.39 is 5.97 Å². The van der Waals surface area contributed by atoms with E-state index >= 15 is 0 Å². The van der Waals surface area contributed by atoms with Crippen LogP contribution in [0.4, 0.5) is 5.82 Å². The summed E-state index contributed by atoms with van der Waals surface area (Å²) in [5.74, 6) is -0.568. The van der Waals surface area contributed by atoms with Gasteiger partial charge in [-0.2, -0.15) is 10.4 Å². The van der Waals surface area contributed by atoms with Crippen molar-refractivity contribution in [3.8, 4) is 6.07 Å². The van der Waals surface area contributed by atoms with Gasteiger partial charge in [-0.05, 0) is 31.7 Å². The topological polar surface area (TPSA) is 90.1 Å². The first-order chi connectivity index (χ1) is 9.99. The first-order valence-corrected chi connectivity index (χ1v) is 7.26. The smallest absolute Gasteiger partial charge is 0.323 e. The summed E-state index contributed by atoms with van der Waals surface area (Å²) in [6.07, 6.45) is 2.14. The average molecular weight is 290 g/mol. The molecule has 1 atom stereocenters. The van der Waals surface area contributed by atoms with Gasteiger partial charge in [-0.15, -0.1) is 5.10 Å². The molecule has 0 spiro atoms. The largest absolute Gasteiger partial charge is 0.480 e. The van der Waals surface area contributed by atoms with Gasteiger partial charge in [-0.3, -0.25) is 4.79 Å². The predicted octanol–water partition coefficient (Wildman–Crippen LogP) is 2.16. The Morgan fingerprint density at radius 1 is 1.33 bits per heavy atom. The number of carboxylic acids is 1. The van der Waals surface area contributed by atoms with Gasteiger partial charge in [0, 0.05) is 6.04 Å². The van der Waals surface area contributed by atoms with Gasteiger partial charge in [0.25, 0.3) is 0 Å². The van der Waals surface area contributed by atoms with Crippen LogP contribution >= 0.6 is 0 Å². The van der Waals surface area contributed by atoms with E-state index in [-0.39, 0.29) is 12.6 Å². The van der Waals surface area contributed by atoms with Crippen LogP contribution in [0.15, 0.2) is 0 Å². The first-order valence-electron chi connectivity index (χ1n) is 7.26. The molecule has 6 nitrogen and oxygen atoms in total. The Hall–Kier alpha value is -2.16. The van der Waals surface area contributed by atoms with Crippen LogP contribution in [0.3, 0.4) is 0 Å². The molecule has 0 saturated heterocycles. The molecule has 0 radical (unpaired) electrons. The van der Waals surface area contributed by atoms with Crippen LogP contribution < -0.4 is 4.90 Å². The van der Waals surface area contributed by atoms with Crippen LogP contribution in [0.5, 0.6) is 0 Å². The van der Waals surface area contributed by atoms with Gasteiger partial charge < -0.3 is 10.0 Å². The van der Waals surface area contributed by atoms with Gasteiger partial charge in [-0.25, -0.2) is 0 Å². The predicted molar refractivity (Wildman–Crippen MR) is 80.2 cm³/mol. The number of carboxylic acid groups (broad SMARTS) is 1. The van der Waals surface area contributed by atoms with Gasteiger partial charge >= 0.3 is 5.97 Å². The minimum Gasteiger partial charge on any atom is -0.480 e. The number of hydrogen-bond acceptors (Lipinski definition) is 5. The molecule has 1 unspecified atom stereocenters. The molecule has 0 bridgehead atoms. The Bertz CT molecular complexity index is 551. The molecule has 114 valence electrons. The highest BCUT2D eigenvalue weighted by Crippen LogP contribution is 2.25. The summed E-state index contributed by atoms with van der Waals surface area (Å²) >= 11 is 0. The molecular weight excluding hydrogens is 268 g/mol. The molecular formula is C15H22N4O2. The van der Waals surface area contributed by atoms with Crippen molar-refractivity contribution in [2.75, 3.05) is 11.4 Å². The molecule has 1 rings (SSSR count). The van der Waals surface area contributed by atoms with Gasteiger partial charge in [0.2, 0.25) is 0 Å². The van der Waals surface area contributed by atoms with Crippen LogP contribution in [0.2, 0.25) is 0 Å². The number of aryl methyl sites for hydroxylation is 1. The Kier molecular flexibility index (Phi) is 6.10.